The van der Waals surface area contributed by atoms with Crippen LogP contribution >= 0.6 is 11.3 Å². The molecule has 1 aromatic carbocycles. The average molecular weight is 383 g/mol. The summed E-state index contributed by atoms with van der Waals surface area (Å²) in [6.45, 7) is 3.15. The second-order valence-corrected chi connectivity index (χ2v) is 8.57. The maximum Gasteiger partial charge on any atom is 0.162 e. The zero-order valence-corrected chi connectivity index (χ0v) is 16.0. The number of carbonyl (C=O) groups is 2. The number of thiazole rings is 1. The van der Waals surface area contributed by atoms with Crippen LogP contribution in [0.2, 0.25) is 0 Å². The molecule has 2 fully saturated rings. The van der Waals surface area contributed by atoms with Crippen molar-refractivity contribution in [3.05, 3.63) is 28.8 Å². The highest BCUT2D eigenvalue weighted by Gasteiger charge is 2.48. The quantitative estimate of drug-likeness (QED) is 0.755. The van der Waals surface area contributed by atoms with Crippen molar-refractivity contribution in [3.63, 3.8) is 0 Å². The Morgan fingerprint density at radius 2 is 1.78 bits per heavy atom. The van der Waals surface area contributed by atoms with Gasteiger partial charge >= 0.3 is 0 Å². The van der Waals surface area contributed by atoms with Crippen molar-refractivity contribution in [1.29, 1.82) is 0 Å². The van der Waals surface area contributed by atoms with Crippen LogP contribution in [0.25, 0.3) is 10.6 Å². The zero-order chi connectivity index (χ0) is 18.5. The highest BCUT2D eigenvalue weighted by Crippen LogP contribution is 2.46. The van der Waals surface area contributed by atoms with Crippen molar-refractivity contribution in [3.8, 4) is 22.1 Å². The minimum atomic E-state index is -0.659. The second-order valence-electron chi connectivity index (χ2n) is 7.48. The SMILES string of the molecule is CCc1sc(-c2ccc3c(c2)OCCO3)nc1C1C(=O)[C@@H]2CC[C@@H](C2)C1=O. The number of hydrogen-bond acceptors (Lipinski definition) is 6. The standard InChI is InChI=1S/C21H21NO4S/c1-2-16-18(17-19(23)11-3-4-12(9-11)20(17)24)22-21(27-16)13-5-6-14-15(10-13)26-8-7-25-14/h5-6,10-12,17H,2-4,7-9H2,1H3/t11-,12+,17?. The molecule has 3 aliphatic rings. The molecule has 2 saturated carbocycles. The Morgan fingerprint density at radius 1 is 1.07 bits per heavy atom. The summed E-state index contributed by atoms with van der Waals surface area (Å²) in [6.07, 6.45) is 3.22. The lowest BCUT2D eigenvalue weighted by Crippen LogP contribution is -2.35. The Kier molecular flexibility index (Phi) is 4.04. The topological polar surface area (TPSA) is 65.5 Å². The van der Waals surface area contributed by atoms with E-state index in [1.807, 2.05) is 18.2 Å². The molecule has 1 aromatic heterocycles. The Balaban J connectivity index is 1.55. The smallest absolute Gasteiger partial charge is 0.162 e. The van der Waals surface area contributed by atoms with E-state index in [4.69, 9.17) is 14.5 Å². The van der Waals surface area contributed by atoms with Crippen LogP contribution in [-0.2, 0) is 16.0 Å². The first-order valence-electron chi connectivity index (χ1n) is 9.62. The predicted octanol–water partition coefficient (Wildman–Crippen LogP) is 3.80. The molecule has 1 aliphatic heterocycles. The summed E-state index contributed by atoms with van der Waals surface area (Å²) in [7, 11) is 0. The number of rotatable bonds is 3. The summed E-state index contributed by atoms with van der Waals surface area (Å²) in [5.41, 5.74) is 1.63. The average Bonchev–Trinajstić information content (AvgIpc) is 3.32. The van der Waals surface area contributed by atoms with Crippen LogP contribution < -0.4 is 9.47 Å². The van der Waals surface area contributed by atoms with Gasteiger partial charge in [-0.05, 0) is 43.9 Å². The van der Waals surface area contributed by atoms with Crippen molar-refractivity contribution in [2.75, 3.05) is 13.2 Å². The van der Waals surface area contributed by atoms with Crippen LogP contribution in [0.5, 0.6) is 11.5 Å². The molecule has 5 rings (SSSR count). The van der Waals surface area contributed by atoms with E-state index in [1.54, 1.807) is 11.3 Å². The van der Waals surface area contributed by atoms with Crippen molar-refractivity contribution in [2.45, 2.75) is 38.5 Å². The van der Waals surface area contributed by atoms with E-state index < -0.39 is 5.92 Å². The summed E-state index contributed by atoms with van der Waals surface area (Å²) in [5.74, 6) is 1.06. The molecule has 0 N–H and O–H groups in total. The molecule has 2 aliphatic carbocycles. The van der Waals surface area contributed by atoms with E-state index >= 15 is 0 Å². The Bertz CT molecular complexity index is 912. The molecule has 6 heteroatoms. The first-order chi connectivity index (χ1) is 13.2. The molecule has 3 atom stereocenters. The van der Waals surface area contributed by atoms with Gasteiger partial charge in [0.1, 0.15) is 24.1 Å². The first-order valence-corrected chi connectivity index (χ1v) is 10.4. The second kappa shape index (κ2) is 6.44. The van der Waals surface area contributed by atoms with Gasteiger partial charge in [0.25, 0.3) is 0 Å². The van der Waals surface area contributed by atoms with Crippen LogP contribution in [-0.4, -0.2) is 29.8 Å². The summed E-state index contributed by atoms with van der Waals surface area (Å²) < 4.78 is 11.3. The van der Waals surface area contributed by atoms with Crippen LogP contribution in [0, 0.1) is 11.8 Å². The fourth-order valence-electron chi connectivity index (χ4n) is 4.52. The summed E-state index contributed by atoms with van der Waals surface area (Å²) in [5, 5.41) is 0.831. The molecule has 27 heavy (non-hydrogen) atoms. The number of carbonyl (C=O) groups excluding carboxylic acids is 2. The zero-order valence-electron chi connectivity index (χ0n) is 15.2. The molecule has 2 heterocycles. The number of hydrogen-bond donors (Lipinski definition) is 0. The molecule has 140 valence electrons. The number of Topliss-reactive ketones (excluding diaryl/α,β-unsaturated/α-hetero) is 2. The maximum absolute atomic E-state index is 12.9. The van der Waals surface area contributed by atoms with Crippen LogP contribution in [0.4, 0.5) is 0 Å². The molecule has 0 amide bonds. The summed E-state index contributed by atoms with van der Waals surface area (Å²) in [6, 6.07) is 5.79. The number of ether oxygens (including phenoxy) is 2. The maximum atomic E-state index is 12.9. The van der Waals surface area contributed by atoms with Gasteiger partial charge in [-0.25, -0.2) is 4.98 Å². The van der Waals surface area contributed by atoms with Crippen LogP contribution in [0.15, 0.2) is 18.2 Å². The number of fused-ring (bicyclic) bond motifs is 3. The molecule has 2 aromatic rings. The Hall–Kier alpha value is -2.21. The number of aryl methyl sites for hydroxylation is 1. The number of benzene rings is 1. The highest BCUT2D eigenvalue weighted by molar-refractivity contribution is 7.15. The van der Waals surface area contributed by atoms with Gasteiger partial charge in [0, 0.05) is 22.3 Å². The third-order valence-electron chi connectivity index (χ3n) is 5.92. The number of nitrogens with zero attached hydrogens (tertiary/aromatic N) is 1. The van der Waals surface area contributed by atoms with Crippen LogP contribution in [0.1, 0.15) is 42.7 Å². The fourth-order valence-corrected chi connectivity index (χ4v) is 5.56. The Morgan fingerprint density at radius 3 is 2.48 bits per heavy atom. The summed E-state index contributed by atoms with van der Waals surface area (Å²) in [4.78, 5) is 31.7. The lowest BCUT2D eigenvalue weighted by atomic mass is 9.77. The van der Waals surface area contributed by atoms with E-state index in [0.717, 1.165) is 52.6 Å². The van der Waals surface area contributed by atoms with Crippen molar-refractivity contribution in [1.82, 2.24) is 4.98 Å². The van der Waals surface area contributed by atoms with Gasteiger partial charge in [-0.1, -0.05) is 6.92 Å². The minimum Gasteiger partial charge on any atom is -0.486 e. The van der Waals surface area contributed by atoms with E-state index in [1.165, 1.54) is 0 Å². The van der Waals surface area contributed by atoms with E-state index in [9.17, 15) is 9.59 Å². The molecule has 2 bridgehead atoms. The summed E-state index contributed by atoms with van der Waals surface area (Å²) >= 11 is 1.57. The van der Waals surface area contributed by atoms with Gasteiger partial charge in [0.05, 0.1) is 5.69 Å². The largest absolute Gasteiger partial charge is 0.486 e. The van der Waals surface area contributed by atoms with E-state index in [-0.39, 0.29) is 23.4 Å². The molecule has 0 spiro atoms. The molecular formula is C21H21NO4S. The van der Waals surface area contributed by atoms with Gasteiger partial charge in [-0.3, -0.25) is 9.59 Å². The lowest BCUT2D eigenvalue weighted by Gasteiger charge is -2.24. The molecule has 0 saturated heterocycles. The van der Waals surface area contributed by atoms with Crippen molar-refractivity contribution < 1.29 is 19.1 Å². The molecule has 1 unspecified atom stereocenters. The molecule has 5 nitrogen and oxygen atoms in total. The third-order valence-corrected chi connectivity index (χ3v) is 7.18. The van der Waals surface area contributed by atoms with Gasteiger partial charge in [0.2, 0.25) is 0 Å². The number of ketones is 2. The highest BCUT2D eigenvalue weighted by atomic mass is 32.1. The monoisotopic (exact) mass is 383 g/mol. The number of aromatic nitrogens is 1. The van der Waals surface area contributed by atoms with Gasteiger partial charge in [-0.2, -0.15) is 0 Å². The lowest BCUT2D eigenvalue weighted by molar-refractivity contribution is -0.136. The normalized spacial score (nSPS) is 26.5. The fraction of sp³-hybridized carbons (Fsp3) is 0.476. The first kappa shape index (κ1) is 16.9. The van der Waals surface area contributed by atoms with Gasteiger partial charge < -0.3 is 9.47 Å². The molecule has 0 radical (unpaired) electrons. The Labute approximate surface area is 161 Å². The van der Waals surface area contributed by atoms with E-state index in [0.29, 0.717) is 18.9 Å². The molecular weight excluding hydrogens is 362 g/mol. The van der Waals surface area contributed by atoms with E-state index in [2.05, 4.69) is 6.92 Å². The van der Waals surface area contributed by atoms with Gasteiger partial charge in [0.15, 0.2) is 23.1 Å². The third kappa shape index (κ3) is 2.69. The minimum absolute atomic E-state index is 0.0434. The van der Waals surface area contributed by atoms with Crippen molar-refractivity contribution in [2.24, 2.45) is 11.8 Å². The van der Waals surface area contributed by atoms with Crippen LogP contribution in [0.3, 0.4) is 0 Å². The van der Waals surface area contributed by atoms with Gasteiger partial charge in [-0.15, -0.1) is 11.3 Å². The predicted molar refractivity (Wildman–Crippen MR) is 102 cm³/mol. The van der Waals surface area contributed by atoms with Crippen molar-refractivity contribution >= 4 is 22.9 Å².